The monoisotopic (exact) mass is 399 g/mol. The molecule has 0 bridgehead atoms. The summed E-state index contributed by atoms with van der Waals surface area (Å²) in [4.78, 5) is 26.6. The smallest absolute Gasteiger partial charge is 0.295 e. The molecule has 2 aromatic rings. The first-order valence-electron chi connectivity index (χ1n) is 9.36. The van der Waals surface area contributed by atoms with Gasteiger partial charge in [0, 0.05) is 18.7 Å². The second kappa shape index (κ2) is 8.87. The van der Waals surface area contributed by atoms with Crippen LogP contribution in [0.1, 0.15) is 30.5 Å². The van der Waals surface area contributed by atoms with Crippen molar-refractivity contribution in [3.05, 3.63) is 71.0 Å². The number of carbonyl (C=O) groups excluding carboxylic acids is 2. The molecule has 1 fully saturated rings. The summed E-state index contributed by atoms with van der Waals surface area (Å²) in [6.45, 7) is 2.32. The van der Waals surface area contributed by atoms with E-state index in [1.54, 1.807) is 24.3 Å². The van der Waals surface area contributed by atoms with Crippen molar-refractivity contribution in [1.82, 2.24) is 4.90 Å². The quantitative estimate of drug-likeness (QED) is 0.425. The minimum Gasteiger partial charge on any atom is -0.507 e. The second-order valence-corrected chi connectivity index (χ2v) is 6.58. The highest BCUT2D eigenvalue weighted by Gasteiger charge is 2.45. The van der Waals surface area contributed by atoms with Crippen LogP contribution >= 0.6 is 0 Å². The van der Waals surface area contributed by atoms with Crippen LogP contribution in [-0.2, 0) is 9.59 Å². The summed E-state index contributed by atoms with van der Waals surface area (Å²) < 4.78 is 18.8. The highest BCUT2D eigenvalue weighted by atomic mass is 19.1. The summed E-state index contributed by atoms with van der Waals surface area (Å²) in [5, 5.41) is 20.0. The summed E-state index contributed by atoms with van der Waals surface area (Å²) in [5.41, 5.74) is 0.792. The van der Waals surface area contributed by atoms with Crippen LogP contribution in [-0.4, -0.2) is 46.6 Å². The third kappa shape index (κ3) is 4.14. The first kappa shape index (κ1) is 20.5. The van der Waals surface area contributed by atoms with Gasteiger partial charge in [-0.1, -0.05) is 12.1 Å². The summed E-state index contributed by atoms with van der Waals surface area (Å²) >= 11 is 0. The van der Waals surface area contributed by atoms with Crippen molar-refractivity contribution < 1.29 is 28.9 Å². The maximum absolute atomic E-state index is 13.4. The van der Waals surface area contributed by atoms with E-state index in [-0.39, 0.29) is 30.9 Å². The highest BCUT2D eigenvalue weighted by molar-refractivity contribution is 6.46. The van der Waals surface area contributed by atoms with Gasteiger partial charge in [-0.15, -0.1) is 0 Å². The van der Waals surface area contributed by atoms with Crippen molar-refractivity contribution in [1.29, 1.82) is 0 Å². The molecule has 2 aromatic carbocycles. The van der Waals surface area contributed by atoms with Gasteiger partial charge in [0.15, 0.2) is 0 Å². The number of halogens is 1. The molecule has 1 amide bonds. The zero-order valence-electron chi connectivity index (χ0n) is 16.0. The normalized spacial score (nSPS) is 18.3. The SMILES string of the molecule is CCOc1ccc(C(O)=C2C(=O)C(=O)N(CCCO)C2c2ccc(F)cc2)cc1. The van der Waals surface area contributed by atoms with Crippen LogP contribution in [0.15, 0.2) is 54.1 Å². The maximum atomic E-state index is 13.4. The lowest BCUT2D eigenvalue weighted by molar-refractivity contribution is -0.140. The topological polar surface area (TPSA) is 87.1 Å². The van der Waals surface area contributed by atoms with Crippen molar-refractivity contribution in [2.75, 3.05) is 19.8 Å². The van der Waals surface area contributed by atoms with Crippen LogP contribution in [0, 0.1) is 5.82 Å². The van der Waals surface area contributed by atoms with Crippen LogP contribution < -0.4 is 4.74 Å². The molecule has 0 saturated carbocycles. The number of aliphatic hydroxyl groups is 2. The third-order valence-electron chi connectivity index (χ3n) is 4.72. The molecule has 1 saturated heterocycles. The molecule has 0 aromatic heterocycles. The van der Waals surface area contributed by atoms with Crippen LogP contribution in [0.4, 0.5) is 4.39 Å². The fourth-order valence-electron chi connectivity index (χ4n) is 3.37. The molecule has 1 atom stereocenters. The Labute approximate surface area is 167 Å². The number of Topliss-reactive ketones (excluding diaryl/α,β-unsaturated/α-hetero) is 1. The first-order valence-corrected chi connectivity index (χ1v) is 9.36. The number of amides is 1. The zero-order valence-corrected chi connectivity index (χ0v) is 16.0. The molecule has 1 unspecified atom stereocenters. The predicted molar refractivity (Wildman–Crippen MR) is 105 cm³/mol. The number of carbonyl (C=O) groups is 2. The van der Waals surface area contributed by atoms with Crippen molar-refractivity contribution >= 4 is 17.4 Å². The van der Waals surface area contributed by atoms with E-state index in [0.29, 0.717) is 23.5 Å². The number of aliphatic hydroxyl groups excluding tert-OH is 2. The Hall–Kier alpha value is -3.19. The Kier molecular flexibility index (Phi) is 6.29. The Balaban J connectivity index is 2.09. The fourth-order valence-corrected chi connectivity index (χ4v) is 3.37. The van der Waals surface area contributed by atoms with Gasteiger partial charge in [-0.25, -0.2) is 4.39 Å². The summed E-state index contributed by atoms with van der Waals surface area (Å²) in [6.07, 6.45) is 0.272. The van der Waals surface area contributed by atoms with Gasteiger partial charge in [0.05, 0.1) is 18.2 Å². The Bertz CT molecular complexity index is 921. The zero-order chi connectivity index (χ0) is 21.0. The number of ketones is 1. The van der Waals surface area contributed by atoms with E-state index < -0.39 is 23.5 Å². The molecule has 3 rings (SSSR count). The number of hydrogen-bond donors (Lipinski definition) is 2. The predicted octanol–water partition coefficient (Wildman–Crippen LogP) is 3.03. The Morgan fingerprint density at radius 1 is 1.10 bits per heavy atom. The molecule has 1 heterocycles. The van der Waals surface area contributed by atoms with E-state index in [1.165, 1.54) is 29.2 Å². The summed E-state index contributed by atoms with van der Waals surface area (Å²) in [7, 11) is 0. The molecule has 2 N–H and O–H groups in total. The second-order valence-electron chi connectivity index (χ2n) is 6.58. The molecule has 7 heteroatoms. The maximum Gasteiger partial charge on any atom is 0.295 e. The van der Waals surface area contributed by atoms with Crippen molar-refractivity contribution in [2.45, 2.75) is 19.4 Å². The lowest BCUT2D eigenvalue weighted by atomic mass is 9.95. The first-order chi connectivity index (χ1) is 14.0. The molecule has 1 aliphatic rings. The number of nitrogens with zero attached hydrogens (tertiary/aromatic N) is 1. The average molecular weight is 399 g/mol. The highest BCUT2D eigenvalue weighted by Crippen LogP contribution is 2.39. The third-order valence-corrected chi connectivity index (χ3v) is 4.72. The van der Waals surface area contributed by atoms with Gasteiger partial charge < -0.3 is 19.8 Å². The number of likely N-dealkylation sites (tertiary alicyclic amines) is 1. The molecule has 0 spiro atoms. The van der Waals surface area contributed by atoms with E-state index in [9.17, 15) is 19.1 Å². The van der Waals surface area contributed by atoms with E-state index in [4.69, 9.17) is 9.84 Å². The standard InChI is InChI=1S/C22H22FNO5/c1-2-29-17-10-6-15(7-11-17)20(26)18-19(14-4-8-16(23)9-5-14)24(12-3-13-25)22(28)21(18)27/h4-11,19,25-26H,2-3,12-13H2,1H3. The van der Waals surface area contributed by atoms with Gasteiger partial charge in [0.25, 0.3) is 11.7 Å². The number of ether oxygens (including phenoxy) is 1. The van der Waals surface area contributed by atoms with E-state index in [2.05, 4.69) is 0 Å². The molecular formula is C22H22FNO5. The summed E-state index contributed by atoms with van der Waals surface area (Å²) in [6, 6.07) is 11.1. The van der Waals surface area contributed by atoms with Gasteiger partial charge in [-0.3, -0.25) is 9.59 Å². The lowest BCUT2D eigenvalue weighted by Gasteiger charge is -2.25. The van der Waals surface area contributed by atoms with Crippen LogP contribution in [0.5, 0.6) is 5.75 Å². The minimum atomic E-state index is -0.867. The van der Waals surface area contributed by atoms with Crippen LogP contribution in [0.25, 0.3) is 5.76 Å². The van der Waals surface area contributed by atoms with E-state index >= 15 is 0 Å². The van der Waals surface area contributed by atoms with Gasteiger partial charge in [-0.05, 0) is 55.3 Å². The fraction of sp³-hybridized carbons (Fsp3) is 0.273. The van der Waals surface area contributed by atoms with Gasteiger partial charge >= 0.3 is 0 Å². The molecule has 152 valence electrons. The number of benzene rings is 2. The lowest BCUT2D eigenvalue weighted by Crippen LogP contribution is -2.31. The van der Waals surface area contributed by atoms with E-state index in [1.807, 2.05) is 6.92 Å². The molecular weight excluding hydrogens is 377 g/mol. The number of hydrogen-bond acceptors (Lipinski definition) is 5. The molecule has 29 heavy (non-hydrogen) atoms. The van der Waals surface area contributed by atoms with E-state index in [0.717, 1.165) is 0 Å². The van der Waals surface area contributed by atoms with Crippen molar-refractivity contribution in [3.8, 4) is 5.75 Å². The molecule has 6 nitrogen and oxygen atoms in total. The van der Waals surface area contributed by atoms with Crippen LogP contribution in [0.2, 0.25) is 0 Å². The molecule has 1 aliphatic heterocycles. The average Bonchev–Trinajstić information content (AvgIpc) is 2.98. The van der Waals surface area contributed by atoms with Gasteiger partial charge in [0.1, 0.15) is 17.3 Å². The minimum absolute atomic E-state index is 0.0660. The van der Waals surface area contributed by atoms with Gasteiger partial charge in [-0.2, -0.15) is 0 Å². The number of rotatable bonds is 7. The molecule has 0 radical (unpaired) electrons. The Morgan fingerprint density at radius 3 is 2.34 bits per heavy atom. The summed E-state index contributed by atoms with van der Waals surface area (Å²) in [5.74, 6) is -1.73. The van der Waals surface area contributed by atoms with Crippen LogP contribution in [0.3, 0.4) is 0 Å². The van der Waals surface area contributed by atoms with Crippen molar-refractivity contribution in [2.24, 2.45) is 0 Å². The van der Waals surface area contributed by atoms with Gasteiger partial charge in [0.2, 0.25) is 0 Å². The molecule has 0 aliphatic carbocycles. The Morgan fingerprint density at radius 2 is 1.76 bits per heavy atom. The largest absolute Gasteiger partial charge is 0.507 e. The van der Waals surface area contributed by atoms with Crippen molar-refractivity contribution in [3.63, 3.8) is 0 Å².